The van der Waals surface area contributed by atoms with Crippen molar-refractivity contribution in [2.45, 2.75) is 12.5 Å². The van der Waals surface area contributed by atoms with Crippen LogP contribution in [0.5, 0.6) is 0 Å². The fourth-order valence-electron chi connectivity index (χ4n) is 2.32. The highest BCUT2D eigenvalue weighted by molar-refractivity contribution is 7.80. The van der Waals surface area contributed by atoms with Crippen LogP contribution in [0.15, 0.2) is 12.1 Å². The first-order valence-electron chi connectivity index (χ1n) is 6.30. The molecule has 1 atom stereocenters. The van der Waals surface area contributed by atoms with Crippen LogP contribution in [0, 0.1) is 11.6 Å². The van der Waals surface area contributed by atoms with Crippen molar-refractivity contribution < 1.29 is 18.3 Å². The first-order chi connectivity index (χ1) is 9.92. The molecule has 3 N–H and O–H groups in total. The zero-order valence-corrected chi connectivity index (χ0v) is 12.2. The maximum absolute atomic E-state index is 14.1. The number of carbonyl (C=O) groups is 1. The normalized spacial score (nSPS) is 17.7. The second-order valence-electron chi connectivity index (χ2n) is 4.72. The van der Waals surface area contributed by atoms with Gasteiger partial charge in [-0.2, -0.15) is 0 Å². The van der Waals surface area contributed by atoms with E-state index in [9.17, 15) is 13.6 Å². The van der Waals surface area contributed by atoms with Crippen molar-refractivity contribution in [1.29, 1.82) is 0 Å². The third kappa shape index (κ3) is 3.38. The number of nitrogens with one attached hydrogen (secondary N) is 1. The van der Waals surface area contributed by atoms with E-state index < -0.39 is 17.7 Å². The van der Waals surface area contributed by atoms with Crippen LogP contribution in [0.4, 0.5) is 19.3 Å². The Morgan fingerprint density at radius 1 is 1.48 bits per heavy atom. The molecule has 1 fully saturated rings. The van der Waals surface area contributed by atoms with E-state index in [0.29, 0.717) is 19.5 Å². The van der Waals surface area contributed by atoms with Gasteiger partial charge in [0.15, 0.2) is 0 Å². The zero-order chi connectivity index (χ0) is 15.6. The molecule has 0 saturated carbocycles. The van der Waals surface area contributed by atoms with Gasteiger partial charge in [0.2, 0.25) is 0 Å². The van der Waals surface area contributed by atoms with Crippen molar-refractivity contribution in [2.24, 2.45) is 5.73 Å². The minimum absolute atomic E-state index is 0.0639. The quantitative estimate of drug-likeness (QED) is 0.828. The third-order valence-electron chi connectivity index (χ3n) is 3.31. The number of anilines is 1. The summed E-state index contributed by atoms with van der Waals surface area (Å²) in [5, 5.41) is 2.61. The van der Waals surface area contributed by atoms with Gasteiger partial charge in [-0.05, 0) is 18.6 Å². The Morgan fingerprint density at radius 2 is 2.10 bits per heavy atom. The molecule has 0 bridgehead atoms. The summed E-state index contributed by atoms with van der Waals surface area (Å²) >= 11 is 4.71. The largest absolute Gasteiger partial charge is 0.453 e. The minimum atomic E-state index is -0.725. The standard InChI is InChI=1S/C13H15F2N3O2S/c1-20-13(19)17-8-2-3-18(6-8)11-9(14)4-7(12(16)21)5-10(11)15/h4-5,8H,2-3,6H2,1H3,(H2,16,21)(H,17,19). The lowest BCUT2D eigenvalue weighted by molar-refractivity contribution is 0.167. The third-order valence-corrected chi connectivity index (χ3v) is 3.55. The number of benzene rings is 1. The van der Waals surface area contributed by atoms with E-state index in [4.69, 9.17) is 18.0 Å². The number of hydrogen-bond donors (Lipinski definition) is 2. The molecule has 114 valence electrons. The number of hydrogen-bond acceptors (Lipinski definition) is 4. The number of halogens is 2. The van der Waals surface area contributed by atoms with Gasteiger partial charge < -0.3 is 20.7 Å². The highest BCUT2D eigenvalue weighted by Crippen LogP contribution is 2.28. The Labute approximate surface area is 126 Å². The molecule has 1 aromatic carbocycles. The van der Waals surface area contributed by atoms with E-state index in [0.717, 1.165) is 12.1 Å². The number of nitrogens with zero attached hydrogens (tertiary/aromatic N) is 1. The van der Waals surface area contributed by atoms with Gasteiger partial charge in [-0.3, -0.25) is 0 Å². The molecule has 0 radical (unpaired) electrons. The SMILES string of the molecule is COC(=O)NC1CCN(c2c(F)cc(C(N)=S)cc2F)C1. The zero-order valence-electron chi connectivity index (χ0n) is 11.4. The van der Waals surface area contributed by atoms with Gasteiger partial charge >= 0.3 is 6.09 Å². The molecule has 0 spiro atoms. The van der Waals surface area contributed by atoms with Gasteiger partial charge in [-0.1, -0.05) is 12.2 Å². The molecule has 1 unspecified atom stereocenters. The first-order valence-corrected chi connectivity index (χ1v) is 6.71. The molecular weight excluding hydrogens is 300 g/mol. The maximum Gasteiger partial charge on any atom is 0.407 e. The summed E-state index contributed by atoms with van der Waals surface area (Å²) in [5.41, 5.74) is 5.38. The molecule has 1 aromatic rings. The van der Waals surface area contributed by atoms with Gasteiger partial charge in [0.05, 0.1) is 13.2 Å². The van der Waals surface area contributed by atoms with Gasteiger partial charge in [0, 0.05) is 18.7 Å². The second-order valence-corrected chi connectivity index (χ2v) is 5.16. The lowest BCUT2D eigenvalue weighted by Crippen LogP contribution is -2.37. The Morgan fingerprint density at radius 3 is 2.62 bits per heavy atom. The Balaban J connectivity index is 2.16. The van der Waals surface area contributed by atoms with Crippen LogP contribution in [0.3, 0.4) is 0 Å². The minimum Gasteiger partial charge on any atom is -0.453 e. The number of ether oxygens (including phenoxy) is 1. The highest BCUT2D eigenvalue weighted by atomic mass is 32.1. The number of carbonyl (C=O) groups excluding carboxylic acids is 1. The number of rotatable bonds is 3. The van der Waals surface area contributed by atoms with Gasteiger partial charge in [0.1, 0.15) is 22.3 Å². The van der Waals surface area contributed by atoms with Gasteiger partial charge in [-0.25, -0.2) is 13.6 Å². The summed E-state index contributed by atoms with van der Waals surface area (Å²) in [5.74, 6) is -1.45. The van der Waals surface area contributed by atoms with Crippen molar-refractivity contribution in [3.8, 4) is 0 Å². The summed E-state index contributed by atoms with van der Waals surface area (Å²) in [6.45, 7) is 0.726. The van der Waals surface area contributed by atoms with Crippen molar-refractivity contribution in [3.63, 3.8) is 0 Å². The number of amides is 1. The van der Waals surface area contributed by atoms with E-state index in [1.165, 1.54) is 12.0 Å². The Bertz CT molecular complexity index is 560. The summed E-state index contributed by atoms with van der Waals surface area (Å²) in [6, 6.07) is 2.01. The van der Waals surface area contributed by atoms with Crippen LogP contribution in [-0.4, -0.2) is 37.3 Å². The second kappa shape index (κ2) is 6.21. The van der Waals surface area contributed by atoms with E-state index in [-0.39, 0.29) is 22.3 Å². The molecule has 0 aliphatic carbocycles. The topological polar surface area (TPSA) is 67.6 Å². The fraction of sp³-hybridized carbons (Fsp3) is 0.385. The molecule has 1 aliphatic heterocycles. The van der Waals surface area contributed by atoms with E-state index in [2.05, 4.69) is 10.1 Å². The summed E-state index contributed by atoms with van der Waals surface area (Å²) in [7, 11) is 1.26. The van der Waals surface area contributed by atoms with Crippen molar-refractivity contribution >= 4 is 29.0 Å². The lowest BCUT2D eigenvalue weighted by atomic mass is 10.1. The number of thiocarbonyl (C=S) groups is 1. The van der Waals surface area contributed by atoms with Gasteiger partial charge in [0.25, 0.3) is 0 Å². The summed E-state index contributed by atoms with van der Waals surface area (Å²) < 4.78 is 32.6. The number of nitrogens with two attached hydrogens (primary N) is 1. The molecule has 1 aliphatic rings. The van der Waals surface area contributed by atoms with Gasteiger partial charge in [-0.15, -0.1) is 0 Å². The van der Waals surface area contributed by atoms with Crippen LogP contribution < -0.4 is 16.0 Å². The van der Waals surface area contributed by atoms with Crippen LogP contribution in [0.1, 0.15) is 12.0 Å². The summed E-state index contributed by atoms with van der Waals surface area (Å²) in [4.78, 5) is 12.6. The molecular formula is C13H15F2N3O2S. The Hall–Kier alpha value is -1.96. The monoisotopic (exact) mass is 315 g/mol. The molecule has 21 heavy (non-hydrogen) atoms. The Kier molecular flexibility index (Phi) is 4.56. The molecule has 1 saturated heterocycles. The van der Waals surface area contributed by atoms with E-state index >= 15 is 0 Å². The number of methoxy groups -OCH3 is 1. The van der Waals surface area contributed by atoms with E-state index in [1.54, 1.807) is 0 Å². The van der Waals surface area contributed by atoms with Crippen LogP contribution >= 0.6 is 12.2 Å². The molecule has 8 heteroatoms. The maximum atomic E-state index is 14.1. The van der Waals surface area contributed by atoms with Crippen molar-refractivity contribution in [3.05, 3.63) is 29.3 Å². The number of alkyl carbamates (subject to hydrolysis) is 1. The molecule has 0 aromatic heterocycles. The highest BCUT2D eigenvalue weighted by Gasteiger charge is 2.28. The van der Waals surface area contributed by atoms with Crippen LogP contribution in [-0.2, 0) is 4.74 Å². The molecule has 1 amide bonds. The lowest BCUT2D eigenvalue weighted by Gasteiger charge is -2.20. The first kappa shape index (κ1) is 15.4. The molecule has 1 heterocycles. The molecule has 2 rings (SSSR count). The molecule has 5 nitrogen and oxygen atoms in total. The van der Waals surface area contributed by atoms with Crippen molar-refractivity contribution in [1.82, 2.24) is 5.32 Å². The van der Waals surface area contributed by atoms with Crippen LogP contribution in [0.2, 0.25) is 0 Å². The average Bonchev–Trinajstić information content (AvgIpc) is 2.85. The predicted octanol–water partition coefficient (Wildman–Crippen LogP) is 1.53. The van der Waals surface area contributed by atoms with E-state index in [1.807, 2.05) is 0 Å². The van der Waals surface area contributed by atoms with Crippen molar-refractivity contribution in [2.75, 3.05) is 25.1 Å². The summed E-state index contributed by atoms with van der Waals surface area (Å²) in [6.07, 6.45) is 0.0111. The fourth-order valence-corrected chi connectivity index (χ4v) is 2.43. The average molecular weight is 315 g/mol. The predicted molar refractivity (Wildman–Crippen MR) is 78.4 cm³/mol. The van der Waals surface area contributed by atoms with Crippen LogP contribution in [0.25, 0.3) is 0 Å². The smallest absolute Gasteiger partial charge is 0.407 e.